The van der Waals surface area contributed by atoms with Crippen LogP contribution in [0.5, 0.6) is 5.75 Å². The van der Waals surface area contributed by atoms with Crippen LogP contribution in [-0.4, -0.2) is 11.6 Å². The first-order valence-corrected chi connectivity index (χ1v) is 6.35. The van der Waals surface area contributed by atoms with E-state index in [4.69, 9.17) is 10.5 Å². The van der Waals surface area contributed by atoms with Crippen LogP contribution in [0.15, 0.2) is 18.2 Å². The highest BCUT2D eigenvalue weighted by Gasteiger charge is 2.10. The van der Waals surface area contributed by atoms with Crippen LogP contribution < -0.4 is 10.5 Å². The maximum Gasteiger partial charge on any atom is 0.120 e. The van der Waals surface area contributed by atoms with Crippen LogP contribution in [-0.2, 0) is 0 Å². The number of hydrogen-bond donors (Lipinski definition) is 1. The average molecular weight is 236 g/mol. The molecule has 0 saturated carbocycles. The molecule has 0 radical (unpaired) electrons. The van der Waals surface area contributed by atoms with Gasteiger partial charge in [0.2, 0.25) is 0 Å². The summed E-state index contributed by atoms with van der Waals surface area (Å²) in [5.74, 6) is 0.898. The zero-order valence-electron chi connectivity index (χ0n) is 9.56. The van der Waals surface area contributed by atoms with Gasteiger partial charge in [-0.15, -0.1) is 11.3 Å². The highest BCUT2D eigenvalue weighted by atomic mass is 32.1. The third-order valence-corrected chi connectivity index (χ3v) is 3.59. The SMILES string of the molecule is CCOc1ccc2nc(C(N)CC)sc2c1. The lowest BCUT2D eigenvalue weighted by Gasteiger charge is -2.01. The molecule has 86 valence electrons. The van der Waals surface area contributed by atoms with E-state index in [2.05, 4.69) is 11.9 Å². The molecule has 4 heteroatoms. The zero-order chi connectivity index (χ0) is 11.5. The van der Waals surface area contributed by atoms with Crippen molar-refractivity contribution in [2.75, 3.05) is 6.61 Å². The zero-order valence-corrected chi connectivity index (χ0v) is 10.4. The second kappa shape index (κ2) is 4.80. The quantitative estimate of drug-likeness (QED) is 0.887. The van der Waals surface area contributed by atoms with Crippen molar-refractivity contribution in [3.05, 3.63) is 23.2 Å². The minimum absolute atomic E-state index is 0.0490. The third-order valence-electron chi connectivity index (χ3n) is 2.44. The second-order valence-corrected chi connectivity index (χ2v) is 4.69. The van der Waals surface area contributed by atoms with Crippen molar-refractivity contribution in [3.63, 3.8) is 0 Å². The number of benzene rings is 1. The number of nitrogens with zero attached hydrogens (tertiary/aromatic N) is 1. The Hall–Kier alpha value is -1.13. The van der Waals surface area contributed by atoms with Crippen molar-refractivity contribution >= 4 is 21.6 Å². The normalized spacial score (nSPS) is 12.9. The molecule has 1 aromatic carbocycles. The Balaban J connectivity index is 2.38. The van der Waals surface area contributed by atoms with Crippen molar-refractivity contribution < 1.29 is 4.74 Å². The molecule has 1 atom stereocenters. The van der Waals surface area contributed by atoms with Crippen LogP contribution >= 0.6 is 11.3 Å². The molecule has 2 N–H and O–H groups in total. The van der Waals surface area contributed by atoms with Crippen molar-refractivity contribution in [1.29, 1.82) is 0 Å². The molecule has 1 heterocycles. The van der Waals surface area contributed by atoms with Gasteiger partial charge in [-0.2, -0.15) is 0 Å². The molecule has 2 rings (SSSR count). The summed E-state index contributed by atoms with van der Waals surface area (Å²) in [5, 5.41) is 1.01. The highest BCUT2D eigenvalue weighted by molar-refractivity contribution is 7.18. The molecule has 0 saturated heterocycles. The van der Waals surface area contributed by atoms with Gasteiger partial charge in [0, 0.05) is 0 Å². The van der Waals surface area contributed by atoms with E-state index < -0.39 is 0 Å². The molecule has 1 unspecified atom stereocenters. The summed E-state index contributed by atoms with van der Waals surface area (Å²) >= 11 is 1.65. The van der Waals surface area contributed by atoms with Crippen LogP contribution in [0.1, 0.15) is 31.3 Å². The number of rotatable bonds is 4. The van der Waals surface area contributed by atoms with Gasteiger partial charge in [0.25, 0.3) is 0 Å². The Morgan fingerprint density at radius 3 is 2.94 bits per heavy atom. The van der Waals surface area contributed by atoms with Gasteiger partial charge < -0.3 is 10.5 Å². The summed E-state index contributed by atoms with van der Waals surface area (Å²) in [7, 11) is 0. The van der Waals surface area contributed by atoms with E-state index in [1.807, 2.05) is 25.1 Å². The number of hydrogen-bond acceptors (Lipinski definition) is 4. The number of thiazole rings is 1. The summed E-state index contributed by atoms with van der Waals surface area (Å²) in [6.07, 6.45) is 0.915. The van der Waals surface area contributed by atoms with Crippen molar-refractivity contribution in [2.45, 2.75) is 26.3 Å². The monoisotopic (exact) mass is 236 g/mol. The summed E-state index contributed by atoms with van der Waals surface area (Å²) in [6, 6.07) is 6.02. The molecule has 16 heavy (non-hydrogen) atoms. The largest absolute Gasteiger partial charge is 0.494 e. The van der Waals surface area contributed by atoms with E-state index in [9.17, 15) is 0 Å². The molecule has 0 aliphatic heterocycles. The molecule has 0 amide bonds. The Kier molecular flexibility index (Phi) is 3.41. The van der Waals surface area contributed by atoms with E-state index in [-0.39, 0.29) is 6.04 Å². The van der Waals surface area contributed by atoms with Gasteiger partial charge in [-0.3, -0.25) is 0 Å². The van der Waals surface area contributed by atoms with Gasteiger partial charge in [-0.1, -0.05) is 6.92 Å². The number of nitrogens with two attached hydrogens (primary N) is 1. The van der Waals surface area contributed by atoms with Crippen molar-refractivity contribution in [3.8, 4) is 5.75 Å². The first-order valence-electron chi connectivity index (χ1n) is 5.53. The van der Waals surface area contributed by atoms with Gasteiger partial charge in [0.1, 0.15) is 10.8 Å². The lowest BCUT2D eigenvalue weighted by atomic mass is 10.2. The van der Waals surface area contributed by atoms with Crippen LogP contribution in [0.3, 0.4) is 0 Å². The predicted molar refractivity (Wildman–Crippen MR) is 68.0 cm³/mol. The molecular formula is C12H16N2OS. The Morgan fingerprint density at radius 1 is 1.44 bits per heavy atom. The van der Waals surface area contributed by atoms with Gasteiger partial charge in [-0.05, 0) is 31.5 Å². The van der Waals surface area contributed by atoms with E-state index in [0.717, 1.165) is 27.4 Å². The maximum atomic E-state index is 5.97. The van der Waals surface area contributed by atoms with Gasteiger partial charge in [0.15, 0.2) is 0 Å². The van der Waals surface area contributed by atoms with Crippen molar-refractivity contribution in [1.82, 2.24) is 4.98 Å². The predicted octanol–water partition coefficient (Wildman–Crippen LogP) is 3.10. The molecule has 2 aromatic rings. The second-order valence-electron chi connectivity index (χ2n) is 3.63. The Morgan fingerprint density at radius 2 is 2.25 bits per heavy atom. The minimum Gasteiger partial charge on any atom is -0.494 e. The first kappa shape index (κ1) is 11.4. The van der Waals surface area contributed by atoms with Gasteiger partial charge in [-0.25, -0.2) is 4.98 Å². The summed E-state index contributed by atoms with van der Waals surface area (Å²) in [6.45, 7) is 4.74. The van der Waals surface area contributed by atoms with E-state index >= 15 is 0 Å². The van der Waals surface area contributed by atoms with E-state index in [0.29, 0.717) is 6.61 Å². The van der Waals surface area contributed by atoms with Crippen LogP contribution in [0, 0.1) is 0 Å². The molecule has 3 nitrogen and oxygen atoms in total. The Bertz CT molecular complexity index is 481. The number of ether oxygens (including phenoxy) is 1. The minimum atomic E-state index is 0.0490. The molecule has 0 bridgehead atoms. The van der Waals surface area contributed by atoms with Crippen LogP contribution in [0.4, 0.5) is 0 Å². The molecular weight excluding hydrogens is 220 g/mol. The average Bonchev–Trinajstić information content (AvgIpc) is 2.71. The fourth-order valence-corrected chi connectivity index (χ4v) is 2.59. The molecule has 0 fully saturated rings. The molecule has 0 aliphatic carbocycles. The first-order chi connectivity index (χ1) is 7.74. The fraction of sp³-hybridized carbons (Fsp3) is 0.417. The number of aromatic nitrogens is 1. The van der Waals surface area contributed by atoms with Gasteiger partial charge >= 0.3 is 0 Å². The summed E-state index contributed by atoms with van der Waals surface area (Å²) in [4.78, 5) is 4.52. The molecule has 1 aromatic heterocycles. The fourth-order valence-electron chi connectivity index (χ4n) is 1.51. The van der Waals surface area contributed by atoms with Crippen LogP contribution in [0.2, 0.25) is 0 Å². The molecule has 0 aliphatic rings. The standard InChI is InChI=1S/C12H16N2OS/c1-3-9(13)12-14-10-6-5-8(15-4-2)7-11(10)16-12/h5-7,9H,3-4,13H2,1-2H3. The lowest BCUT2D eigenvalue weighted by Crippen LogP contribution is -2.07. The maximum absolute atomic E-state index is 5.97. The topological polar surface area (TPSA) is 48.1 Å². The lowest BCUT2D eigenvalue weighted by molar-refractivity contribution is 0.341. The van der Waals surface area contributed by atoms with E-state index in [1.54, 1.807) is 11.3 Å². The smallest absolute Gasteiger partial charge is 0.120 e. The highest BCUT2D eigenvalue weighted by Crippen LogP contribution is 2.29. The van der Waals surface area contributed by atoms with Crippen LogP contribution in [0.25, 0.3) is 10.2 Å². The van der Waals surface area contributed by atoms with Gasteiger partial charge in [0.05, 0.1) is 22.9 Å². The third kappa shape index (κ3) is 2.18. The Labute approximate surface area is 99.3 Å². The number of fused-ring (bicyclic) bond motifs is 1. The summed E-state index contributed by atoms with van der Waals surface area (Å²) in [5.41, 5.74) is 6.98. The molecule has 0 spiro atoms. The van der Waals surface area contributed by atoms with Crippen molar-refractivity contribution in [2.24, 2.45) is 5.73 Å². The summed E-state index contributed by atoms with van der Waals surface area (Å²) < 4.78 is 6.60. The van der Waals surface area contributed by atoms with E-state index in [1.165, 1.54) is 0 Å².